The fourth-order valence-corrected chi connectivity index (χ4v) is 2.11. The molecule has 2 heterocycles. The Morgan fingerprint density at radius 3 is 2.71 bits per heavy atom. The first-order valence-corrected chi connectivity index (χ1v) is 6.85. The minimum Gasteiger partial charge on any atom is -0.486 e. The maximum absolute atomic E-state index is 5.61. The van der Waals surface area contributed by atoms with E-state index in [1.54, 1.807) is 6.07 Å². The zero-order chi connectivity index (χ0) is 14.8. The lowest BCUT2D eigenvalue weighted by molar-refractivity contribution is 0.171. The number of aryl methyl sites for hydroxylation is 1. The van der Waals surface area contributed by atoms with Gasteiger partial charge in [-0.15, -0.1) is 0 Å². The van der Waals surface area contributed by atoms with E-state index in [9.17, 15) is 0 Å². The van der Waals surface area contributed by atoms with Gasteiger partial charge in [0.25, 0.3) is 0 Å². The van der Waals surface area contributed by atoms with Gasteiger partial charge in [0.1, 0.15) is 23.9 Å². The number of nitrogens with one attached hydrogen (secondary N) is 1. The van der Waals surface area contributed by atoms with Crippen LogP contribution in [0, 0.1) is 6.92 Å². The van der Waals surface area contributed by atoms with Gasteiger partial charge in [0.15, 0.2) is 11.5 Å². The molecule has 0 saturated carbocycles. The van der Waals surface area contributed by atoms with Crippen LogP contribution in [0.2, 0.25) is 0 Å². The van der Waals surface area contributed by atoms with Crippen molar-refractivity contribution < 1.29 is 9.47 Å². The van der Waals surface area contributed by atoms with Crippen molar-refractivity contribution in [2.24, 2.45) is 5.73 Å². The number of thiocarbonyl (C=S) groups is 1. The molecule has 2 aromatic rings. The monoisotopic (exact) mass is 302 g/mol. The average molecular weight is 302 g/mol. The summed E-state index contributed by atoms with van der Waals surface area (Å²) in [6.45, 7) is 2.97. The van der Waals surface area contributed by atoms with Crippen LogP contribution in [0.5, 0.6) is 11.5 Å². The number of ether oxygens (including phenoxy) is 2. The first-order valence-electron chi connectivity index (χ1n) is 6.44. The van der Waals surface area contributed by atoms with Gasteiger partial charge >= 0.3 is 0 Å². The smallest absolute Gasteiger partial charge is 0.228 e. The lowest BCUT2D eigenvalue weighted by Crippen LogP contribution is -2.15. The fraction of sp³-hybridized carbons (Fsp3) is 0.214. The van der Waals surface area contributed by atoms with Crippen molar-refractivity contribution in [3.63, 3.8) is 0 Å². The third kappa shape index (κ3) is 3.03. The van der Waals surface area contributed by atoms with Gasteiger partial charge in [0, 0.05) is 17.4 Å². The van der Waals surface area contributed by atoms with Gasteiger partial charge < -0.3 is 20.5 Å². The number of benzene rings is 1. The summed E-state index contributed by atoms with van der Waals surface area (Å²) in [6.07, 6.45) is 0. The van der Waals surface area contributed by atoms with Gasteiger partial charge in [-0.25, -0.2) is 9.97 Å². The number of anilines is 2. The highest BCUT2D eigenvalue weighted by Crippen LogP contribution is 2.33. The number of fused-ring (bicyclic) bond motifs is 1. The molecule has 6 nitrogen and oxygen atoms in total. The van der Waals surface area contributed by atoms with Gasteiger partial charge in [-0.2, -0.15) is 0 Å². The first-order chi connectivity index (χ1) is 10.1. The van der Waals surface area contributed by atoms with Gasteiger partial charge in [-0.05, 0) is 25.1 Å². The third-order valence-corrected chi connectivity index (χ3v) is 3.11. The van der Waals surface area contributed by atoms with Crippen molar-refractivity contribution >= 4 is 28.8 Å². The van der Waals surface area contributed by atoms with Crippen molar-refractivity contribution in [1.82, 2.24) is 9.97 Å². The normalized spacial score (nSPS) is 12.8. The second-order valence-electron chi connectivity index (χ2n) is 4.57. The maximum atomic E-state index is 5.61. The molecule has 0 atom stereocenters. The zero-order valence-electron chi connectivity index (χ0n) is 11.4. The molecule has 0 unspecified atom stereocenters. The van der Waals surface area contributed by atoms with Crippen LogP contribution in [-0.4, -0.2) is 28.2 Å². The summed E-state index contributed by atoms with van der Waals surface area (Å²) in [5.41, 5.74) is 7.74. The number of aromatic nitrogens is 2. The van der Waals surface area contributed by atoms with Crippen molar-refractivity contribution in [1.29, 1.82) is 0 Å². The molecule has 0 aliphatic carbocycles. The van der Waals surface area contributed by atoms with Crippen LogP contribution < -0.4 is 20.5 Å². The number of nitrogens with zero attached hydrogens (tertiary/aromatic N) is 2. The average Bonchev–Trinajstić information content (AvgIpc) is 2.46. The van der Waals surface area contributed by atoms with E-state index in [1.807, 2.05) is 25.1 Å². The molecule has 21 heavy (non-hydrogen) atoms. The van der Waals surface area contributed by atoms with Crippen LogP contribution in [0.1, 0.15) is 11.4 Å². The predicted octanol–water partition coefficient (Wildman–Crippen LogP) is 1.93. The summed E-state index contributed by atoms with van der Waals surface area (Å²) in [5, 5.41) is 3.12. The highest BCUT2D eigenvalue weighted by molar-refractivity contribution is 7.80. The Balaban J connectivity index is 1.88. The van der Waals surface area contributed by atoms with Gasteiger partial charge in [0.05, 0.1) is 0 Å². The second kappa shape index (κ2) is 5.53. The Hall–Kier alpha value is -2.41. The van der Waals surface area contributed by atoms with Gasteiger partial charge in [0.2, 0.25) is 5.95 Å². The summed E-state index contributed by atoms with van der Waals surface area (Å²) in [5.74, 6) is 1.88. The molecular formula is C14H14N4O2S. The van der Waals surface area contributed by atoms with Gasteiger partial charge in [-0.3, -0.25) is 0 Å². The summed E-state index contributed by atoms with van der Waals surface area (Å²) in [4.78, 5) is 8.84. The van der Waals surface area contributed by atoms with E-state index >= 15 is 0 Å². The molecule has 7 heteroatoms. The molecule has 1 aromatic carbocycles. The second-order valence-corrected chi connectivity index (χ2v) is 5.01. The van der Waals surface area contributed by atoms with E-state index in [4.69, 9.17) is 27.4 Å². The zero-order valence-corrected chi connectivity index (χ0v) is 12.2. The largest absolute Gasteiger partial charge is 0.486 e. The molecule has 3 N–H and O–H groups in total. The molecular weight excluding hydrogens is 288 g/mol. The van der Waals surface area contributed by atoms with E-state index in [1.165, 1.54) is 0 Å². The van der Waals surface area contributed by atoms with E-state index in [-0.39, 0.29) is 4.99 Å². The molecule has 0 radical (unpaired) electrons. The van der Waals surface area contributed by atoms with Crippen LogP contribution in [0.25, 0.3) is 0 Å². The Morgan fingerprint density at radius 2 is 1.95 bits per heavy atom. The molecule has 108 valence electrons. The third-order valence-electron chi connectivity index (χ3n) is 2.90. The fourth-order valence-electron chi connectivity index (χ4n) is 2.00. The Kier molecular flexibility index (Phi) is 3.57. The van der Waals surface area contributed by atoms with E-state index in [0.29, 0.717) is 30.6 Å². The molecule has 0 spiro atoms. The molecule has 0 fully saturated rings. The molecule has 1 aliphatic rings. The lowest BCUT2D eigenvalue weighted by atomic mass is 10.2. The first kappa shape index (κ1) is 13.6. The Labute approximate surface area is 127 Å². The summed E-state index contributed by atoms with van der Waals surface area (Å²) in [6, 6.07) is 7.32. The number of nitrogens with two attached hydrogens (primary N) is 1. The van der Waals surface area contributed by atoms with Crippen molar-refractivity contribution in [3.8, 4) is 11.5 Å². The Bertz CT molecular complexity index is 705. The molecule has 3 rings (SSSR count). The van der Waals surface area contributed by atoms with Crippen molar-refractivity contribution in [2.45, 2.75) is 6.92 Å². The molecule has 0 bridgehead atoms. The standard InChI is InChI=1S/C14H14N4O2S/c1-8-6-10(13(15)21)18-14(16-8)17-9-2-3-11-12(7-9)20-5-4-19-11/h2-3,6-7H,4-5H2,1H3,(H2,15,21)(H,16,17,18). The molecule has 1 aromatic heterocycles. The lowest BCUT2D eigenvalue weighted by Gasteiger charge is -2.19. The van der Waals surface area contributed by atoms with E-state index < -0.39 is 0 Å². The predicted molar refractivity (Wildman–Crippen MR) is 83.4 cm³/mol. The van der Waals surface area contributed by atoms with Crippen molar-refractivity contribution in [3.05, 3.63) is 35.7 Å². The van der Waals surface area contributed by atoms with Crippen LogP contribution >= 0.6 is 12.2 Å². The number of rotatable bonds is 3. The van der Waals surface area contributed by atoms with Crippen LogP contribution in [-0.2, 0) is 0 Å². The van der Waals surface area contributed by atoms with Crippen LogP contribution in [0.4, 0.5) is 11.6 Å². The molecule has 0 saturated heterocycles. The minimum absolute atomic E-state index is 0.241. The van der Waals surface area contributed by atoms with E-state index in [2.05, 4.69) is 15.3 Å². The highest BCUT2D eigenvalue weighted by Gasteiger charge is 2.12. The summed E-state index contributed by atoms with van der Waals surface area (Å²) in [7, 11) is 0. The SMILES string of the molecule is Cc1cc(C(N)=S)nc(Nc2ccc3c(c2)OCCO3)n1. The number of hydrogen-bond acceptors (Lipinski definition) is 6. The molecule has 1 aliphatic heterocycles. The Morgan fingerprint density at radius 1 is 1.19 bits per heavy atom. The maximum Gasteiger partial charge on any atom is 0.228 e. The highest BCUT2D eigenvalue weighted by atomic mass is 32.1. The topological polar surface area (TPSA) is 82.3 Å². The van der Waals surface area contributed by atoms with Gasteiger partial charge in [-0.1, -0.05) is 12.2 Å². The van der Waals surface area contributed by atoms with Crippen LogP contribution in [0.3, 0.4) is 0 Å². The van der Waals surface area contributed by atoms with Crippen LogP contribution in [0.15, 0.2) is 24.3 Å². The minimum atomic E-state index is 0.241. The quantitative estimate of drug-likeness (QED) is 0.838. The van der Waals surface area contributed by atoms with Crippen molar-refractivity contribution in [2.75, 3.05) is 18.5 Å². The number of hydrogen-bond donors (Lipinski definition) is 2. The summed E-state index contributed by atoms with van der Waals surface area (Å²) < 4.78 is 11.0. The van der Waals surface area contributed by atoms with E-state index in [0.717, 1.165) is 17.1 Å². The molecule has 0 amide bonds. The summed E-state index contributed by atoms with van der Waals surface area (Å²) >= 11 is 4.95.